The number of piperidine rings is 2. The molecule has 4 rings (SSSR count). The molecular formula is C22H29N3O4. The van der Waals surface area contributed by atoms with Crippen molar-refractivity contribution in [2.24, 2.45) is 5.41 Å². The summed E-state index contributed by atoms with van der Waals surface area (Å²) in [5.41, 5.74) is 0.741. The molecule has 3 heterocycles. The number of rotatable bonds is 5. The zero-order valence-electron chi connectivity index (χ0n) is 17.1. The summed E-state index contributed by atoms with van der Waals surface area (Å²) in [6, 6.07) is 7.58. The van der Waals surface area contributed by atoms with Gasteiger partial charge in [-0.05, 0) is 70.6 Å². The van der Waals surface area contributed by atoms with Crippen molar-refractivity contribution in [2.75, 3.05) is 33.3 Å². The number of likely N-dealkylation sites (tertiary alicyclic amines) is 2. The van der Waals surface area contributed by atoms with Crippen LogP contribution in [0.2, 0.25) is 0 Å². The van der Waals surface area contributed by atoms with Crippen molar-refractivity contribution >= 4 is 16.9 Å². The van der Waals surface area contributed by atoms with Crippen LogP contribution in [0, 0.1) is 5.41 Å². The molecule has 1 aromatic heterocycles. The molecule has 2 N–H and O–H groups in total. The molecule has 2 saturated heterocycles. The molecule has 0 spiro atoms. The van der Waals surface area contributed by atoms with Crippen molar-refractivity contribution in [3.05, 3.63) is 40.2 Å². The number of ether oxygens (including phenoxy) is 1. The van der Waals surface area contributed by atoms with Gasteiger partial charge in [-0.1, -0.05) is 0 Å². The molecule has 0 amide bonds. The van der Waals surface area contributed by atoms with Crippen LogP contribution in [-0.4, -0.2) is 65.2 Å². The van der Waals surface area contributed by atoms with E-state index >= 15 is 0 Å². The number of carboxylic acid groups (broad SMARTS) is 1. The Hall–Kier alpha value is -2.38. The summed E-state index contributed by atoms with van der Waals surface area (Å²) in [4.78, 5) is 32.1. The lowest BCUT2D eigenvalue weighted by molar-refractivity contribution is -0.162. The molecule has 2 aromatic rings. The number of hydrogen-bond acceptors (Lipinski definition) is 5. The quantitative estimate of drug-likeness (QED) is 0.802. The molecule has 156 valence electrons. The van der Waals surface area contributed by atoms with Gasteiger partial charge in [-0.15, -0.1) is 0 Å². The molecule has 0 saturated carbocycles. The van der Waals surface area contributed by atoms with E-state index in [-0.39, 0.29) is 11.6 Å². The van der Waals surface area contributed by atoms with Gasteiger partial charge in [0.1, 0.15) is 5.75 Å². The van der Waals surface area contributed by atoms with Crippen LogP contribution in [0.5, 0.6) is 5.75 Å². The molecule has 2 atom stereocenters. The Morgan fingerprint density at radius 2 is 2.14 bits per heavy atom. The smallest absolute Gasteiger partial charge is 0.311 e. The third-order valence-electron chi connectivity index (χ3n) is 6.63. The lowest BCUT2D eigenvalue weighted by atomic mass is 9.68. The molecule has 0 aliphatic carbocycles. The summed E-state index contributed by atoms with van der Waals surface area (Å²) in [7, 11) is 2.02. The first-order chi connectivity index (χ1) is 13.9. The first kappa shape index (κ1) is 19.9. The van der Waals surface area contributed by atoms with E-state index in [1.54, 1.807) is 0 Å². The Morgan fingerprint density at radius 3 is 2.90 bits per heavy atom. The Bertz CT molecular complexity index is 972. The average Bonchev–Trinajstić information content (AvgIpc) is 2.69. The molecule has 7 heteroatoms. The second kappa shape index (κ2) is 7.80. The van der Waals surface area contributed by atoms with Crippen molar-refractivity contribution in [1.82, 2.24) is 14.8 Å². The third-order valence-corrected chi connectivity index (χ3v) is 6.63. The first-order valence-corrected chi connectivity index (χ1v) is 10.4. The predicted molar refractivity (Wildman–Crippen MR) is 111 cm³/mol. The predicted octanol–water partition coefficient (Wildman–Crippen LogP) is 2.30. The van der Waals surface area contributed by atoms with E-state index in [1.165, 1.54) is 0 Å². The van der Waals surface area contributed by atoms with Crippen LogP contribution in [-0.2, 0) is 11.3 Å². The standard InChI is InChI=1S/C22H29N3O4/c1-3-29-17-5-6-18-15(12-17)11-16(20(26)23-18)13-25-10-8-22(21(27)28)7-4-9-24(2)19(22)14-25/h5-6,11-12,19H,3-4,7-10,13-14H2,1-2H3,(H,23,26)(H,27,28)/t19-,22+/m1/s1. The topological polar surface area (TPSA) is 85.9 Å². The number of pyridine rings is 1. The number of aromatic amines is 1. The number of nitrogens with one attached hydrogen (secondary N) is 1. The van der Waals surface area contributed by atoms with Gasteiger partial charge in [0.2, 0.25) is 0 Å². The van der Waals surface area contributed by atoms with E-state index in [4.69, 9.17) is 4.74 Å². The Balaban J connectivity index is 1.58. The fourth-order valence-corrected chi connectivity index (χ4v) is 5.03. The van der Waals surface area contributed by atoms with Crippen LogP contribution in [0.4, 0.5) is 0 Å². The Kier molecular flexibility index (Phi) is 5.36. The molecule has 1 aromatic carbocycles. The highest BCUT2D eigenvalue weighted by atomic mass is 16.5. The van der Waals surface area contributed by atoms with Gasteiger partial charge >= 0.3 is 5.97 Å². The van der Waals surface area contributed by atoms with E-state index in [9.17, 15) is 14.7 Å². The van der Waals surface area contributed by atoms with E-state index in [2.05, 4.69) is 14.8 Å². The molecule has 0 unspecified atom stereocenters. The van der Waals surface area contributed by atoms with Gasteiger partial charge in [0.25, 0.3) is 5.56 Å². The van der Waals surface area contributed by atoms with Gasteiger partial charge in [-0.3, -0.25) is 14.5 Å². The van der Waals surface area contributed by atoms with Crippen LogP contribution in [0.3, 0.4) is 0 Å². The van der Waals surface area contributed by atoms with Crippen molar-refractivity contribution in [3.63, 3.8) is 0 Å². The zero-order chi connectivity index (χ0) is 20.6. The highest BCUT2D eigenvalue weighted by molar-refractivity contribution is 5.80. The monoisotopic (exact) mass is 399 g/mol. The van der Waals surface area contributed by atoms with E-state index in [0.717, 1.165) is 36.0 Å². The summed E-state index contributed by atoms with van der Waals surface area (Å²) in [5.74, 6) is 0.103. The summed E-state index contributed by atoms with van der Waals surface area (Å²) in [6.45, 7) is 5.33. The van der Waals surface area contributed by atoms with Gasteiger partial charge in [0, 0.05) is 35.6 Å². The maximum atomic E-state index is 12.6. The van der Waals surface area contributed by atoms with Crippen molar-refractivity contribution in [1.29, 1.82) is 0 Å². The lowest BCUT2D eigenvalue weighted by Gasteiger charge is -2.51. The zero-order valence-corrected chi connectivity index (χ0v) is 17.1. The molecule has 2 aliphatic rings. The highest BCUT2D eigenvalue weighted by Gasteiger charge is 2.52. The summed E-state index contributed by atoms with van der Waals surface area (Å²) in [5, 5.41) is 10.9. The number of carbonyl (C=O) groups is 1. The number of fused-ring (bicyclic) bond motifs is 2. The Labute approximate surface area is 170 Å². The van der Waals surface area contributed by atoms with Crippen LogP contribution >= 0.6 is 0 Å². The minimum absolute atomic E-state index is 0.0217. The maximum absolute atomic E-state index is 12.6. The van der Waals surface area contributed by atoms with Crippen molar-refractivity contribution in [3.8, 4) is 5.75 Å². The number of benzene rings is 1. The number of carboxylic acids is 1. The molecule has 0 radical (unpaired) electrons. The summed E-state index contributed by atoms with van der Waals surface area (Å²) in [6.07, 6.45) is 2.28. The minimum atomic E-state index is -0.680. The second-order valence-electron chi connectivity index (χ2n) is 8.35. The molecular weight excluding hydrogens is 370 g/mol. The third kappa shape index (κ3) is 3.65. The van der Waals surface area contributed by atoms with E-state index in [0.29, 0.717) is 38.2 Å². The van der Waals surface area contributed by atoms with Crippen molar-refractivity contribution < 1.29 is 14.6 Å². The maximum Gasteiger partial charge on any atom is 0.311 e. The Morgan fingerprint density at radius 1 is 1.31 bits per heavy atom. The number of likely N-dealkylation sites (N-methyl/N-ethyl adjacent to an activating group) is 1. The normalized spacial score (nSPS) is 25.7. The SMILES string of the molecule is CCOc1ccc2[nH]c(=O)c(CN3CC[C@@]4(C(=O)O)CCCN(C)[C@@H]4C3)cc2c1. The summed E-state index contributed by atoms with van der Waals surface area (Å²) < 4.78 is 5.57. The molecule has 2 aliphatic heterocycles. The number of nitrogens with zero attached hydrogens (tertiary/aromatic N) is 2. The lowest BCUT2D eigenvalue weighted by Crippen LogP contribution is -2.62. The average molecular weight is 399 g/mol. The van der Waals surface area contributed by atoms with Crippen LogP contribution in [0.25, 0.3) is 10.9 Å². The van der Waals surface area contributed by atoms with Gasteiger partial charge in [-0.25, -0.2) is 0 Å². The van der Waals surface area contributed by atoms with Crippen LogP contribution in [0.15, 0.2) is 29.1 Å². The van der Waals surface area contributed by atoms with Gasteiger partial charge in [0.15, 0.2) is 0 Å². The first-order valence-electron chi connectivity index (χ1n) is 10.4. The fourth-order valence-electron chi connectivity index (χ4n) is 5.03. The minimum Gasteiger partial charge on any atom is -0.494 e. The van der Waals surface area contributed by atoms with Gasteiger partial charge < -0.3 is 19.7 Å². The fraction of sp³-hybridized carbons (Fsp3) is 0.545. The number of hydrogen-bond donors (Lipinski definition) is 2. The molecule has 29 heavy (non-hydrogen) atoms. The van der Waals surface area contributed by atoms with Crippen LogP contribution < -0.4 is 10.3 Å². The largest absolute Gasteiger partial charge is 0.494 e. The number of aliphatic carboxylic acids is 1. The second-order valence-corrected chi connectivity index (χ2v) is 8.35. The van der Waals surface area contributed by atoms with E-state index < -0.39 is 11.4 Å². The van der Waals surface area contributed by atoms with Gasteiger partial charge in [-0.2, -0.15) is 0 Å². The van der Waals surface area contributed by atoms with E-state index in [1.807, 2.05) is 38.2 Å². The number of aromatic nitrogens is 1. The molecule has 2 fully saturated rings. The number of H-pyrrole nitrogens is 1. The van der Waals surface area contributed by atoms with Gasteiger partial charge in [0.05, 0.1) is 12.0 Å². The molecule has 7 nitrogen and oxygen atoms in total. The van der Waals surface area contributed by atoms with Crippen molar-refractivity contribution in [2.45, 2.75) is 38.8 Å². The van der Waals surface area contributed by atoms with Crippen LogP contribution in [0.1, 0.15) is 31.7 Å². The summed E-state index contributed by atoms with van der Waals surface area (Å²) >= 11 is 0. The highest BCUT2D eigenvalue weighted by Crippen LogP contribution is 2.42. The molecule has 0 bridgehead atoms.